The van der Waals surface area contributed by atoms with E-state index in [9.17, 15) is 10.2 Å². The Hall–Kier alpha value is -2.82. The highest BCUT2D eigenvalue weighted by Crippen LogP contribution is 2.38. The molecule has 0 saturated heterocycles. The van der Waals surface area contributed by atoms with E-state index in [1.165, 1.54) is 12.1 Å². The largest absolute Gasteiger partial charge is 0.504 e. The van der Waals surface area contributed by atoms with E-state index >= 15 is 0 Å². The van der Waals surface area contributed by atoms with Crippen LogP contribution >= 0.6 is 0 Å². The molecule has 0 heterocycles. The minimum atomic E-state index is -0.160. The van der Waals surface area contributed by atoms with Crippen LogP contribution in [-0.4, -0.2) is 31.5 Å². The molecule has 2 rings (SSSR count). The van der Waals surface area contributed by atoms with Crippen molar-refractivity contribution in [3.05, 3.63) is 41.5 Å². The lowest BCUT2D eigenvalue weighted by Crippen LogP contribution is -1.95. The fraction of sp³-hybridized carbons (Fsp3) is 0.176. The topological polar surface area (TPSA) is 68.2 Å². The third-order valence-electron chi connectivity index (χ3n) is 3.15. The summed E-state index contributed by atoms with van der Waals surface area (Å²) in [5, 5.41) is 18.8. The molecule has 2 aromatic carbocycles. The van der Waals surface area contributed by atoms with E-state index in [-0.39, 0.29) is 11.5 Å². The molecule has 22 heavy (non-hydrogen) atoms. The van der Waals surface area contributed by atoms with Crippen molar-refractivity contribution in [2.24, 2.45) is 0 Å². The molecule has 0 spiro atoms. The lowest BCUT2D eigenvalue weighted by atomic mass is 10.1. The molecule has 0 radical (unpaired) electrons. The molecule has 2 aromatic rings. The van der Waals surface area contributed by atoms with Gasteiger partial charge in [-0.2, -0.15) is 0 Å². The van der Waals surface area contributed by atoms with Gasteiger partial charge in [0, 0.05) is 0 Å². The van der Waals surface area contributed by atoms with E-state index in [1.54, 1.807) is 33.5 Å². The molecule has 0 aromatic heterocycles. The van der Waals surface area contributed by atoms with Gasteiger partial charge in [-0.25, -0.2) is 0 Å². The highest BCUT2D eigenvalue weighted by atomic mass is 16.5. The summed E-state index contributed by atoms with van der Waals surface area (Å²) in [6.07, 6.45) is 3.65. The predicted octanol–water partition coefficient (Wildman–Crippen LogP) is 3.29. The molecule has 116 valence electrons. The quantitative estimate of drug-likeness (QED) is 0.655. The first-order chi connectivity index (χ1) is 10.6. The van der Waals surface area contributed by atoms with Crippen molar-refractivity contribution in [3.8, 4) is 28.7 Å². The molecule has 2 N–H and O–H groups in total. The number of rotatable bonds is 5. The molecule has 0 amide bonds. The summed E-state index contributed by atoms with van der Waals surface area (Å²) in [5.41, 5.74) is 1.60. The zero-order chi connectivity index (χ0) is 16.1. The van der Waals surface area contributed by atoms with E-state index in [0.29, 0.717) is 17.2 Å². The number of hydrogen-bond acceptors (Lipinski definition) is 5. The molecule has 0 unspecified atom stereocenters. The lowest BCUT2D eigenvalue weighted by Gasteiger charge is -2.12. The van der Waals surface area contributed by atoms with Gasteiger partial charge < -0.3 is 24.4 Å². The van der Waals surface area contributed by atoms with Crippen LogP contribution in [0.5, 0.6) is 28.7 Å². The molecule has 0 aliphatic carbocycles. The number of ether oxygens (including phenoxy) is 3. The minimum absolute atomic E-state index is 0.148. The van der Waals surface area contributed by atoms with Crippen molar-refractivity contribution in [3.63, 3.8) is 0 Å². The fourth-order valence-electron chi connectivity index (χ4n) is 2.03. The second-order valence-corrected chi connectivity index (χ2v) is 4.54. The maximum atomic E-state index is 9.49. The highest BCUT2D eigenvalue weighted by Gasteiger charge is 2.11. The summed E-state index contributed by atoms with van der Waals surface area (Å²) in [4.78, 5) is 0. The van der Waals surface area contributed by atoms with Crippen LogP contribution in [0, 0.1) is 0 Å². The number of phenolic OH excluding ortho intramolecular Hbond substituents is 2. The van der Waals surface area contributed by atoms with Gasteiger partial charge in [-0.3, -0.25) is 0 Å². The van der Waals surface area contributed by atoms with Crippen LogP contribution in [-0.2, 0) is 0 Å². The van der Waals surface area contributed by atoms with E-state index in [0.717, 1.165) is 11.1 Å². The molecular formula is C17H18O5. The number of phenols is 2. The maximum Gasteiger partial charge on any atom is 0.203 e. The Morgan fingerprint density at radius 1 is 0.727 bits per heavy atom. The van der Waals surface area contributed by atoms with Crippen LogP contribution in [0.2, 0.25) is 0 Å². The van der Waals surface area contributed by atoms with Crippen LogP contribution in [0.1, 0.15) is 11.1 Å². The zero-order valence-corrected chi connectivity index (χ0v) is 12.7. The Bertz CT molecular complexity index is 666. The molecule has 0 atom stereocenters. The van der Waals surface area contributed by atoms with Crippen molar-refractivity contribution in [1.82, 2.24) is 0 Å². The molecule has 0 bridgehead atoms. The normalized spacial score (nSPS) is 10.7. The van der Waals surface area contributed by atoms with Crippen molar-refractivity contribution >= 4 is 12.2 Å². The van der Waals surface area contributed by atoms with Gasteiger partial charge in [-0.15, -0.1) is 0 Å². The first kappa shape index (κ1) is 15.6. The fourth-order valence-corrected chi connectivity index (χ4v) is 2.03. The third kappa shape index (κ3) is 3.25. The van der Waals surface area contributed by atoms with Gasteiger partial charge in [0.1, 0.15) is 0 Å². The summed E-state index contributed by atoms with van der Waals surface area (Å²) in [6, 6.07) is 8.24. The summed E-state index contributed by atoms with van der Waals surface area (Å²) in [5.74, 6) is 1.35. The van der Waals surface area contributed by atoms with Crippen LogP contribution < -0.4 is 14.2 Å². The second-order valence-electron chi connectivity index (χ2n) is 4.54. The smallest absolute Gasteiger partial charge is 0.203 e. The highest BCUT2D eigenvalue weighted by molar-refractivity contribution is 5.73. The summed E-state index contributed by atoms with van der Waals surface area (Å²) in [7, 11) is 4.67. The van der Waals surface area contributed by atoms with E-state index in [1.807, 2.05) is 18.2 Å². The third-order valence-corrected chi connectivity index (χ3v) is 3.15. The molecule has 0 aliphatic heterocycles. The Morgan fingerprint density at radius 2 is 1.32 bits per heavy atom. The summed E-state index contributed by atoms with van der Waals surface area (Å²) >= 11 is 0. The zero-order valence-electron chi connectivity index (χ0n) is 12.7. The standard InChI is InChI=1S/C17H18O5/c1-20-15-9-12(10-16(21-2)17(15)22-3)5-4-11-6-7-13(18)14(19)8-11/h4-10,18-19H,1-3H3/b5-4-. The Morgan fingerprint density at radius 3 is 1.82 bits per heavy atom. The average molecular weight is 302 g/mol. The Kier molecular flexibility index (Phi) is 4.78. The van der Waals surface area contributed by atoms with Crippen LogP contribution in [0.15, 0.2) is 30.3 Å². The van der Waals surface area contributed by atoms with Gasteiger partial charge in [-0.1, -0.05) is 18.2 Å². The van der Waals surface area contributed by atoms with E-state index in [4.69, 9.17) is 14.2 Å². The van der Waals surface area contributed by atoms with Crippen molar-refractivity contribution in [2.45, 2.75) is 0 Å². The number of hydrogen-bond donors (Lipinski definition) is 2. The van der Waals surface area contributed by atoms with Crippen LogP contribution in [0.4, 0.5) is 0 Å². The summed E-state index contributed by atoms with van der Waals surface area (Å²) in [6.45, 7) is 0. The Balaban J connectivity index is 2.36. The molecular weight excluding hydrogens is 284 g/mol. The first-order valence-electron chi connectivity index (χ1n) is 6.59. The summed E-state index contributed by atoms with van der Waals surface area (Å²) < 4.78 is 15.9. The Labute approximate surface area is 129 Å². The first-order valence-corrected chi connectivity index (χ1v) is 6.59. The monoisotopic (exact) mass is 302 g/mol. The van der Waals surface area contributed by atoms with Gasteiger partial charge in [0.2, 0.25) is 5.75 Å². The molecule has 5 nitrogen and oxygen atoms in total. The lowest BCUT2D eigenvalue weighted by molar-refractivity contribution is 0.324. The molecule has 0 aliphatic rings. The number of methoxy groups -OCH3 is 3. The van der Waals surface area contributed by atoms with E-state index in [2.05, 4.69) is 0 Å². The number of benzene rings is 2. The number of aromatic hydroxyl groups is 2. The maximum absolute atomic E-state index is 9.49. The van der Waals surface area contributed by atoms with Crippen molar-refractivity contribution in [2.75, 3.05) is 21.3 Å². The van der Waals surface area contributed by atoms with Gasteiger partial charge in [0.25, 0.3) is 0 Å². The van der Waals surface area contributed by atoms with Crippen molar-refractivity contribution in [1.29, 1.82) is 0 Å². The second kappa shape index (κ2) is 6.76. The molecule has 0 fully saturated rings. The van der Waals surface area contributed by atoms with Gasteiger partial charge in [-0.05, 0) is 35.4 Å². The van der Waals surface area contributed by atoms with Crippen LogP contribution in [0.25, 0.3) is 12.2 Å². The van der Waals surface area contributed by atoms with E-state index < -0.39 is 0 Å². The van der Waals surface area contributed by atoms with Gasteiger partial charge in [0.05, 0.1) is 21.3 Å². The molecule has 0 saturated carbocycles. The van der Waals surface area contributed by atoms with Crippen LogP contribution in [0.3, 0.4) is 0 Å². The van der Waals surface area contributed by atoms with Gasteiger partial charge >= 0.3 is 0 Å². The average Bonchev–Trinajstić information content (AvgIpc) is 2.54. The van der Waals surface area contributed by atoms with Crippen molar-refractivity contribution < 1.29 is 24.4 Å². The SMILES string of the molecule is COc1cc(/C=C\c2ccc(O)c(O)c2)cc(OC)c1OC. The predicted molar refractivity (Wildman–Crippen MR) is 84.8 cm³/mol. The molecule has 5 heteroatoms. The minimum Gasteiger partial charge on any atom is -0.504 e. The van der Waals surface area contributed by atoms with Gasteiger partial charge in [0.15, 0.2) is 23.0 Å².